The normalized spacial score (nSPS) is 11.8. The van der Waals surface area contributed by atoms with E-state index in [1.54, 1.807) is 7.05 Å². The van der Waals surface area contributed by atoms with Gasteiger partial charge in [-0.05, 0) is 43.0 Å². The largest absolute Gasteiger partial charge is 0.481 e. The van der Waals surface area contributed by atoms with E-state index in [4.69, 9.17) is 5.11 Å². The molecule has 6 heteroatoms. The average Bonchev–Trinajstić information content (AvgIpc) is 2.45. The van der Waals surface area contributed by atoms with Crippen LogP contribution in [0, 0.1) is 11.7 Å². The van der Waals surface area contributed by atoms with Crippen molar-refractivity contribution in [1.82, 2.24) is 5.32 Å². The van der Waals surface area contributed by atoms with E-state index in [1.165, 1.54) is 29.2 Å². The van der Waals surface area contributed by atoms with Gasteiger partial charge in [0.1, 0.15) is 5.82 Å². The van der Waals surface area contributed by atoms with Crippen LogP contribution in [-0.4, -0.2) is 30.7 Å². The molecule has 1 rings (SSSR count). The standard InChI is InChI=1S/C15H21FN2O3/c1-11(3-8-14(19)20)9-10-17-15(21)18(2)13-6-4-12(16)5-7-13/h4-7,11H,3,8-10H2,1-2H3,(H,17,21)(H,19,20). The van der Waals surface area contributed by atoms with Crippen LogP contribution >= 0.6 is 0 Å². The van der Waals surface area contributed by atoms with Gasteiger partial charge in [0.05, 0.1) is 0 Å². The Morgan fingerprint density at radius 3 is 2.48 bits per heavy atom. The van der Waals surface area contributed by atoms with Gasteiger partial charge in [0, 0.05) is 25.7 Å². The summed E-state index contributed by atoms with van der Waals surface area (Å²) in [6.45, 7) is 2.43. The van der Waals surface area contributed by atoms with Gasteiger partial charge in [0.15, 0.2) is 0 Å². The highest BCUT2D eigenvalue weighted by Crippen LogP contribution is 2.13. The number of halogens is 1. The zero-order valence-corrected chi connectivity index (χ0v) is 12.3. The number of nitrogens with one attached hydrogen (secondary N) is 1. The minimum absolute atomic E-state index is 0.143. The third-order valence-electron chi connectivity index (χ3n) is 3.28. The lowest BCUT2D eigenvalue weighted by molar-refractivity contribution is -0.137. The van der Waals surface area contributed by atoms with Gasteiger partial charge < -0.3 is 10.4 Å². The molecule has 0 saturated carbocycles. The van der Waals surface area contributed by atoms with Crippen LogP contribution in [0.5, 0.6) is 0 Å². The number of hydrogen-bond acceptors (Lipinski definition) is 2. The molecule has 0 radical (unpaired) electrons. The van der Waals surface area contributed by atoms with Crippen molar-refractivity contribution >= 4 is 17.7 Å². The second-order valence-electron chi connectivity index (χ2n) is 5.09. The maximum Gasteiger partial charge on any atom is 0.321 e. The van der Waals surface area contributed by atoms with Crippen LogP contribution < -0.4 is 10.2 Å². The fourth-order valence-electron chi connectivity index (χ4n) is 1.84. The lowest BCUT2D eigenvalue weighted by atomic mass is 10.0. The summed E-state index contributed by atoms with van der Waals surface area (Å²) in [5.74, 6) is -0.917. The molecular weight excluding hydrogens is 275 g/mol. The number of benzene rings is 1. The summed E-state index contributed by atoms with van der Waals surface area (Å²) in [7, 11) is 1.61. The van der Waals surface area contributed by atoms with Gasteiger partial charge in [-0.25, -0.2) is 9.18 Å². The highest BCUT2D eigenvalue weighted by molar-refractivity contribution is 5.91. The summed E-state index contributed by atoms with van der Waals surface area (Å²) in [6, 6.07) is 5.39. The molecule has 0 aliphatic rings. The van der Waals surface area contributed by atoms with E-state index in [0.717, 1.165) is 6.42 Å². The van der Waals surface area contributed by atoms with Gasteiger partial charge in [0.2, 0.25) is 0 Å². The van der Waals surface area contributed by atoms with Gasteiger partial charge >= 0.3 is 12.0 Å². The monoisotopic (exact) mass is 296 g/mol. The number of nitrogens with zero attached hydrogens (tertiary/aromatic N) is 1. The number of rotatable bonds is 7. The van der Waals surface area contributed by atoms with Crippen LogP contribution in [0.1, 0.15) is 26.2 Å². The van der Waals surface area contributed by atoms with Crippen molar-refractivity contribution in [1.29, 1.82) is 0 Å². The highest BCUT2D eigenvalue weighted by Gasteiger charge is 2.11. The number of hydrogen-bond donors (Lipinski definition) is 2. The lowest BCUT2D eigenvalue weighted by Crippen LogP contribution is -2.38. The average molecular weight is 296 g/mol. The highest BCUT2D eigenvalue weighted by atomic mass is 19.1. The number of anilines is 1. The van der Waals surface area contributed by atoms with E-state index in [9.17, 15) is 14.0 Å². The Labute approximate surface area is 123 Å². The van der Waals surface area contributed by atoms with Crippen LogP contribution in [-0.2, 0) is 4.79 Å². The Morgan fingerprint density at radius 1 is 1.29 bits per heavy atom. The molecule has 1 aromatic rings. The van der Waals surface area contributed by atoms with E-state index >= 15 is 0 Å². The zero-order valence-electron chi connectivity index (χ0n) is 12.3. The molecular formula is C15H21FN2O3. The third-order valence-corrected chi connectivity index (χ3v) is 3.28. The maximum absolute atomic E-state index is 12.8. The number of urea groups is 1. The molecule has 1 atom stereocenters. The SMILES string of the molecule is CC(CCNC(=O)N(C)c1ccc(F)cc1)CCC(=O)O. The summed E-state index contributed by atoms with van der Waals surface area (Å²) in [5.41, 5.74) is 0.604. The number of carbonyl (C=O) groups is 2. The smallest absolute Gasteiger partial charge is 0.321 e. The number of carboxylic acid groups (broad SMARTS) is 1. The van der Waals surface area contributed by atoms with E-state index in [-0.39, 0.29) is 24.2 Å². The maximum atomic E-state index is 12.8. The van der Waals surface area contributed by atoms with Gasteiger partial charge in [-0.15, -0.1) is 0 Å². The van der Waals surface area contributed by atoms with Crippen LogP contribution in [0.3, 0.4) is 0 Å². The number of amides is 2. The van der Waals surface area contributed by atoms with Gasteiger partial charge in [0.25, 0.3) is 0 Å². The minimum atomic E-state index is -0.804. The first-order valence-electron chi connectivity index (χ1n) is 6.89. The molecule has 2 N–H and O–H groups in total. The summed E-state index contributed by atoms with van der Waals surface area (Å²) in [5, 5.41) is 11.4. The Morgan fingerprint density at radius 2 is 1.90 bits per heavy atom. The predicted molar refractivity (Wildman–Crippen MR) is 78.9 cm³/mol. The van der Waals surface area contributed by atoms with E-state index in [1.807, 2.05) is 6.92 Å². The van der Waals surface area contributed by atoms with Crippen molar-refractivity contribution in [2.75, 3.05) is 18.5 Å². The fraction of sp³-hybridized carbons (Fsp3) is 0.467. The zero-order chi connectivity index (χ0) is 15.8. The summed E-state index contributed by atoms with van der Waals surface area (Å²) < 4.78 is 12.8. The molecule has 0 fully saturated rings. The molecule has 2 amide bonds. The Kier molecular flexibility index (Phi) is 6.65. The van der Waals surface area contributed by atoms with E-state index < -0.39 is 5.97 Å². The molecule has 5 nitrogen and oxygen atoms in total. The van der Waals surface area contributed by atoms with Crippen molar-refractivity contribution in [2.24, 2.45) is 5.92 Å². The molecule has 0 bridgehead atoms. The van der Waals surface area contributed by atoms with E-state index in [2.05, 4.69) is 5.32 Å². The van der Waals surface area contributed by atoms with Gasteiger partial charge in [-0.1, -0.05) is 6.92 Å². The van der Waals surface area contributed by atoms with Crippen molar-refractivity contribution in [2.45, 2.75) is 26.2 Å². The molecule has 0 aliphatic heterocycles. The molecule has 0 aliphatic carbocycles. The van der Waals surface area contributed by atoms with Gasteiger partial charge in [-0.3, -0.25) is 9.69 Å². The molecule has 21 heavy (non-hydrogen) atoms. The summed E-state index contributed by atoms with van der Waals surface area (Å²) in [6.07, 6.45) is 1.46. The van der Waals surface area contributed by atoms with Crippen LogP contribution in [0.25, 0.3) is 0 Å². The van der Waals surface area contributed by atoms with Gasteiger partial charge in [-0.2, -0.15) is 0 Å². The second kappa shape index (κ2) is 8.24. The Balaban J connectivity index is 2.33. The Hall–Kier alpha value is -2.11. The summed E-state index contributed by atoms with van der Waals surface area (Å²) >= 11 is 0. The van der Waals surface area contributed by atoms with Crippen molar-refractivity contribution in [3.8, 4) is 0 Å². The predicted octanol–water partition coefficient (Wildman–Crippen LogP) is 2.86. The second-order valence-corrected chi connectivity index (χ2v) is 5.09. The molecule has 1 unspecified atom stereocenters. The third kappa shape index (κ3) is 6.25. The topological polar surface area (TPSA) is 69.6 Å². The number of aliphatic carboxylic acids is 1. The first-order chi connectivity index (χ1) is 9.90. The Bertz CT molecular complexity index is 476. The molecule has 0 heterocycles. The molecule has 0 aromatic heterocycles. The van der Waals surface area contributed by atoms with Crippen molar-refractivity contribution in [3.05, 3.63) is 30.1 Å². The van der Waals surface area contributed by atoms with Crippen LogP contribution in [0.15, 0.2) is 24.3 Å². The minimum Gasteiger partial charge on any atom is -0.481 e. The quantitative estimate of drug-likeness (QED) is 0.813. The first kappa shape index (κ1) is 16.9. The van der Waals surface area contributed by atoms with Crippen molar-refractivity contribution in [3.63, 3.8) is 0 Å². The van der Waals surface area contributed by atoms with Crippen LogP contribution in [0.4, 0.5) is 14.9 Å². The molecule has 0 spiro atoms. The van der Waals surface area contributed by atoms with Crippen LogP contribution in [0.2, 0.25) is 0 Å². The number of carboxylic acids is 1. The lowest BCUT2D eigenvalue weighted by Gasteiger charge is -2.19. The molecule has 1 aromatic carbocycles. The number of carbonyl (C=O) groups excluding carboxylic acids is 1. The molecule has 0 saturated heterocycles. The molecule has 116 valence electrons. The van der Waals surface area contributed by atoms with E-state index in [0.29, 0.717) is 18.7 Å². The summed E-state index contributed by atoms with van der Waals surface area (Å²) in [4.78, 5) is 23.8. The first-order valence-corrected chi connectivity index (χ1v) is 6.89. The fourth-order valence-corrected chi connectivity index (χ4v) is 1.84. The van der Waals surface area contributed by atoms with Crippen molar-refractivity contribution < 1.29 is 19.1 Å².